The van der Waals surface area contributed by atoms with Gasteiger partial charge in [-0.1, -0.05) is 0 Å². The zero-order chi connectivity index (χ0) is 15.3. The zero-order valence-electron chi connectivity index (χ0n) is 10.7. The van der Waals surface area contributed by atoms with Gasteiger partial charge < -0.3 is 25.2 Å². The van der Waals surface area contributed by atoms with Crippen molar-refractivity contribution in [2.75, 3.05) is 13.0 Å². The van der Waals surface area contributed by atoms with Crippen molar-refractivity contribution in [1.82, 2.24) is 0 Å². The Hall–Kier alpha value is -1.76. The molecule has 1 rings (SSSR count). The van der Waals surface area contributed by atoms with E-state index in [0.29, 0.717) is 5.56 Å². The summed E-state index contributed by atoms with van der Waals surface area (Å²) >= 11 is 5.45. The largest absolute Gasteiger partial charge is 0.504 e. The molecule has 0 aliphatic carbocycles. The maximum absolute atomic E-state index is 10.5. The minimum atomic E-state index is -1.42. The highest BCUT2D eigenvalue weighted by Gasteiger charge is 2.23. The van der Waals surface area contributed by atoms with Crippen LogP contribution in [0.5, 0.6) is 11.5 Å². The van der Waals surface area contributed by atoms with Gasteiger partial charge in [-0.15, -0.1) is 11.6 Å². The van der Waals surface area contributed by atoms with Crippen LogP contribution < -0.4 is 4.74 Å². The number of aliphatic hydroxyl groups is 2. The van der Waals surface area contributed by atoms with E-state index in [1.165, 1.54) is 25.3 Å². The molecule has 0 saturated carbocycles. The fraction of sp³-hybridized carbons (Fsp3) is 0.308. The predicted molar refractivity (Wildman–Crippen MR) is 73.0 cm³/mol. The lowest BCUT2D eigenvalue weighted by Gasteiger charge is -2.19. The molecular formula is C13H15ClO6. The molecule has 0 bridgehead atoms. The maximum Gasteiger partial charge on any atom is 0.328 e. The Kier molecular flexibility index (Phi) is 5.82. The number of carboxylic acid groups (broad SMARTS) is 1. The number of aliphatic hydroxyl groups excluding tert-OH is 2. The summed E-state index contributed by atoms with van der Waals surface area (Å²) in [6, 6.07) is 2.75. The monoisotopic (exact) mass is 302 g/mol. The van der Waals surface area contributed by atoms with Gasteiger partial charge in [-0.05, 0) is 23.8 Å². The number of rotatable bonds is 6. The summed E-state index contributed by atoms with van der Waals surface area (Å²) in [7, 11) is 1.31. The van der Waals surface area contributed by atoms with Gasteiger partial charge in [0, 0.05) is 11.6 Å². The second-order valence-corrected chi connectivity index (χ2v) is 4.31. The van der Waals surface area contributed by atoms with Gasteiger partial charge in [0.05, 0.1) is 19.1 Å². The topological polar surface area (TPSA) is 107 Å². The molecule has 1 aromatic carbocycles. The van der Waals surface area contributed by atoms with Gasteiger partial charge in [0.2, 0.25) is 0 Å². The molecule has 2 unspecified atom stereocenters. The highest BCUT2D eigenvalue weighted by atomic mass is 35.5. The smallest absolute Gasteiger partial charge is 0.328 e. The number of ether oxygens (including phenoxy) is 1. The molecule has 0 aliphatic heterocycles. The van der Waals surface area contributed by atoms with Crippen molar-refractivity contribution in [3.63, 3.8) is 0 Å². The van der Waals surface area contributed by atoms with E-state index in [9.17, 15) is 20.1 Å². The summed E-state index contributed by atoms with van der Waals surface area (Å²) in [5, 5.41) is 37.9. The standard InChI is InChI=1S/C13H15ClO6/c1-20-10-5-7(2-3-11(16)17)4-8(13(10)19)12(18)9(15)6-14/h2-5,9,12,15,18-19H,6H2,1H3,(H,16,17). The number of benzene rings is 1. The van der Waals surface area contributed by atoms with E-state index >= 15 is 0 Å². The van der Waals surface area contributed by atoms with Crippen LogP contribution in [0.4, 0.5) is 0 Å². The van der Waals surface area contributed by atoms with Crippen molar-refractivity contribution in [3.05, 3.63) is 29.3 Å². The first-order valence-corrected chi connectivity index (χ1v) is 6.18. The molecular weight excluding hydrogens is 288 g/mol. The average molecular weight is 303 g/mol. The van der Waals surface area contributed by atoms with Crippen molar-refractivity contribution in [2.45, 2.75) is 12.2 Å². The lowest BCUT2D eigenvalue weighted by Crippen LogP contribution is -2.20. The highest BCUT2D eigenvalue weighted by Crippen LogP contribution is 2.36. The van der Waals surface area contributed by atoms with Crippen LogP contribution in [0.3, 0.4) is 0 Å². The molecule has 6 nitrogen and oxygen atoms in total. The number of methoxy groups -OCH3 is 1. The Morgan fingerprint density at radius 1 is 1.45 bits per heavy atom. The Labute approximate surface area is 120 Å². The summed E-state index contributed by atoms with van der Waals surface area (Å²) in [5.74, 6) is -1.65. The number of halogens is 1. The molecule has 4 N–H and O–H groups in total. The highest BCUT2D eigenvalue weighted by molar-refractivity contribution is 6.18. The van der Waals surface area contributed by atoms with Crippen LogP contribution in [0.1, 0.15) is 17.2 Å². The van der Waals surface area contributed by atoms with E-state index in [4.69, 9.17) is 21.4 Å². The number of aliphatic carboxylic acids is 1. The molecule has 0 heterocycles. The number of aromatic hydroxyl groups is 1. The molecule has 20 heavy (non-hydrogen) atoms. The normalized spacial score (nSPS) is 14.2. The van der Waals surface area contributed by atoms with Gasteiger partial charge in [0.1, 0.15) is 6.10 Å². The second kappa shape index (κ2) is 7.14. The second-order valence-electron chi connectivity index (χ2n) is 4.00. The molecule has 110 valence electrons. The van der Waals surface area contributed by atoms with Gasteiger partial charge in [-0.25, -0.2) is 4.79 Å². The van der Waals surface area contributed by atoms with Crippen LogP contribution in [0, 0.1) is 0 Å². The molecule has 0 fully saturated rings. The SMILES string of the molecule is COc1cc(C=CC(=O)O)cc(C(O)C(O)CCl)c1O. The molecule has 0 spiro atoms. The van der Waals surface area contributed by atoms with Crippen LogP contribution in [0.25, 0.3) is 6.08 Å². The van der Waals surface area contributed by atoms with Crippen LogP contribution >= 0.6 is 11.6 Å². The minimum absolute atomic E-state index is 0.00235. The van der Waals surface area contributed by atoms with Crippen molar-refractivity contribution in [2.24, 2.45) is 0 Å². The molecule has 0 amide bonds. The van der Waals surface area contributed by atoms with Crippen molar-refractivity contribution >= 4 is 23.6 Å². The molecule has 0 saturated heterocycles. The maximum atomic E-state index is 10.5. The van der Waals surface area contributed by atoms with Gasteiger partial charge >= 0.3 is 5.97 Å². The summed E-state index contributed by atoms with van der Waals surface area (Å²) in [6.45, 7) is 0. The Morgan fingerprint density at radius 2 is 2.10 bits per heavy atom. The van der Waals surface area contributed by atoms with Gasteiger partial charge in [0.25, 0.3) is 0 Å². The quantitative estimate of drug-likeness (QED) is 0.463. The minimum Gasteiger partial charge on any atom is -0.504 e. The first kappa shape index (κ1) is 16.3. The summed E-state index contributed by atoms with van der Waals surface area (Å²) in [6.07, 6.45) is -0.515. The third-order valence-electron chi connectivity index (χ3n) is 2.61. The first-order valence-electron chi connectivity index (χ1n) is 5.64. The fourth-order valence-electron chi connectivity index (χ4n) is 1.59. The number of carbonyl (C=O) groups is 1. The van der Waals surface area contributed by atoms with Crippen molar-refractivity contribution in [3.8, 4) is 11.5 Å². The number of phenols is 1. The summed E-state index contributed by atoms with van der Waals surface area (Å²) < 4.78 is 4.94. The van der Waals surface area contributed by atoms with E-state index in [1.807, 2.05) is 0 Å². The predicted octanol–water partition coefficient (Wildman–Crippen LogP) is 1.13. The summed E-state index contributed by atoms with van der Waals surface area (Å²) in [5.41, 5.74) is 0.389. The molecule has 0 aliphatic rings. The number of phenolic OH excluding ortho intramolecular Hbond substituents is 1. The van der Waals surface area contributed by atoms with E-state index in [2.05, 4.69) is 0 Å². The van der Waals surface area contributed by atoms with Crippen molar-refractivity contribution in [1.29, 1.82) is 0 Å². The van der Waals surface area contributed by atoms with Crippen LogP contribution in [0.15, 0.2) is 18.2 Å². The zero-order valence-corrected chi connectivity index (χ0v) is 11.4. The van der Waals surface area contributed by atoms with E-state index in [0.717, 1.165) is 6.08 Å². The van der Waals surface area contributed by atoms with Gasteiger partial charge in [-0.3, -0.25) is 0 Å². The van der Waals surface area contributed by atoms with E-state index < -0.39 is 18.2 Å². The van der Waals surface area contributed by atoms with Crippen LogP contribution in [0.2, 0.25) is 0 Å². The van der Waals surface area contributed by atoms with Crippen LogP contribution in [-0.2, 0) is 4.79 Å². The molecule has 0 radical (unpaired) electrons. The third-order valence-corrected chi connectivity index (χ3v) is 2.92. The number of hydrogen-bond donors (Lipinski definition) is 4. The molecule has 1 aromatic rings. The Bertz CT molecular complexity index is 514. The molecule has 0 aromatic heterocycles. The summed E-state index contributed by atoms with van der Waals surface area (Å²) in [4.78, 5) is 10.5. The Balaban J connectivity index is 3.28. The average Bonchev–Trinajstić information content (AvgIpc) is 2.44. The number of hydrogen-bond acceptors (Lipinski definition) is 5. The Morgan fingerprint density at radius 3 is 2.60 bits per heavy atom. The van der Waals surface area contributed by atoms with Gasteiger partial charge in [-0.2, -0.15) is 0 Å². The first-order chi connectivity index (χ1) is 9.40. The fourth-order valence-corrected chi connectivity index (χ4v) is 1.76. The lowest BCUT2D eigenvalue weighted by atomic mass is 10.0. The molecule has 7 heteroatoms. The third kappa shape index (κ3) is 3.86. The lowest BCUT2D eigenvalue weighted by molar-refractivity contribution is -0.131. The molecule has 2 atom stereocenters. The van der Waals surface area contributed by atoms with E-state index in [1.54, 1.807) is 0 Å². The van der Waals surface area contributed by atoms with Gasteiger partial charge in [0.15, 0.2) is 11.5 Å². The van der Waals surface area contributed by atoms with Crippen LogP contribution in [-0.4, -0.2) is 45.5 Å². The number of carboxylic acids is 1. The van der Waals surface area contributed by atoms with Crippen molar-refractivity contribution < 1.29 is 30.0 Å². The number of alkyl halides is 1. The van der Waals surface area contributed by atoms with E-state index in [-0.39, 0.29) is 22.9 Å².